The Bertz CT molecular complexity index is 372. The Morgan fingerprint density at radius 1 is 1.18 bits per heavy atom. The summed E-state index contributed by atoms with van der Waals surface area (Å²) < 4.78 is 0. The van der Waals surface area contributed by atoms with Crippen molar-refractivity contribution >= 4 is 6.08 Å². The largest absolute Gasteiger partial charge is 0.292 e. The van der Waals surface area contributed by atoms with Gasteiger partial charge in [-0.3, -0.25) is 4.90 Å². The normalized spacial score (nSPS) is 22.4. The molecule has 1 fully saturated rings. The topological polar surface area (TPSA) is 3.24 Å². The summed E-state index contributed by atoms with van der Waals surface area (Å²) in [6.07, 6.45) is 7.24. The average molecular weight is 229 g/mol. The maximum absolute atomic E-state index is 2.60. The number of hydrogen-bond donors (Lipinski definition) is 0. The van der Waals surface area contributed by atoms with Gasteiger partial charge in [-0.2, -0.15) is 0 Å². The van der Waals surface area contributed by atoms with Gasteiger partial charge in [0.05, 0.1) is 0 Å². The lowest BCUT2D eigenvalue weighted by molar-refractivity contribution is 0.144. The molecule has 0 bridgehead atoms. The Kier molecular flexibility index (Phi) is 3.68. The van der Waals surface area contributed by atoms with E-state index in [4.69, 9.17) is 0 Å². The molecule has 1 aromatic carbocycles. The van der Waals surface area contributed by atoms with Crippen molar-refractivity contribution in [3.63, 3.8) is 0 Å². The molecule has 1 unspecified atom stereocenters. The molecule has 92 valence electrons. The van der Waals surface area contributed by atoms with E-state index in [0.29, 0.717) is 6.04 Å². The van der Waals surface area contributed by atoms with E-state index >= 15 is 0 Å². The standard InChI is InChI=1S/C16H23N/c1-16(2,3)17-13-7-10-15(17)12-11-14-8-5-4-6-9-14/h4-6,8-9,11-12,15H,7,10,13H2,1-3H3/b12-11+. The molecule has 1 atom stereocenters. The van der Waals surface area contributed by atoms with Gasteiger partial charge in [0, 0.05) is 11.6 Å². The van der Waals surface area contributed by atoms with E-state index < -0.39 is 0 Å². The van der Waals surface area contributed by atoms with Gasteiger partial charge < -0.3 is 0 Å². The summed E-state index contributed by atoms with van der Waals surface area (Å²) in [6.45, 7) is 8.15. The highest BCUT2D eigenvalue weighted by Crippen LogP contribution is 2.27. The van der Waals surface area contributed by atoms with Crippen LogP contribution < -0.4 is 0 Å². The third-order valence-electron chi connectivity index (χ3n) is 3.47. The molecule has 0 saturated carbocycles. The lowest BCUT2D eigenvalue weighted by Gasteiger charge is -2.35. The second-order valence-corrected chi connectivity index (χ2v) is 5.84. The van der Waals surface area contributed by atoms with Gasteiger partial charge in [-0.15, -0.1) is 0 Å². The molecule has 0 spiro atoms. The minimum atomic E-state index is 0.280. The van der Waals surface area contributed by atoms with Crippen LogP contribution in [0.1, 0.15) is 39.2 Å². The molecule has 2 rings (SSSR count). The van der Waals surface area contributed by atoms with E-state index in [1.807, 2.05) is 0 Å². The molecule has 17 heavy (non-hydrogen) atoms. The number of benzene rings is 1. The van der Waals surface area contributed by atoms with E-state index in [0.717, 1.165) is 0 Å². The van der Waals surface area contributed by atoms with E-state index in [1.165, 1.54) is 24.9 Å². The molecule has 1 saturated heterocycles. The number of likely N-dealkylation sites (tertiary alicyclic amines) is 1. The van der Waals surface area contributed by atoms with Crippen LogP contribution in [0, 0.1) is 0 Å². The second kappa shape index (κ2) is 5.05. The first-order valence-corrected chi connectivity index (χ1v) is 6.57. The molecule has 1 heteroatoms. The van der Waals surface area contributed by atoms with Crippen LogP contribution in [-0.2, 0) is 0 Å². The maximum atomic E-state index is 2.60. The minimum Gasteiger partial charge on any atom is -0.292 e. The molecule has 0 radical (unpaired) electrons. The predicted molar refractivity (Wildman–Crippen MR) is 75.0 cm³/mol. The fraction of sp³-hybridized carbons (Fsp3) is 0.500. The summed E-state index contributed by atoms with van der Waals surface area (Å²) in [4.78, 5) is 2.60. The van der Waals surface area contributed by atoms with Crippen LogP contribution in [0.15, 0.2) is 36.4 Å². The van der Waals surface area contributed by atoms with E-state index in [-0.39, 0.29) is 5.54 Å². The van der Waals surface area contributed by atoms with Gasteiger partial charge in [0.2, 0.25) is 0 Å². The van der Waals surface area contributed by atoms with Crippen LogP contribution in [0.25, 0.3) is 6.08 Å². The smallest absolute Gasteiger partial charge is 0.0287 e. The Morgan fingerprint density at radius 2 is 1.88 bits per heavy atom. The van der Waals surface area contributed by atoms with E-state index in [1.54, 1.807) is 0 Å². The van der Waals surface area contributed by atoms with E-state index in [9.17, 15) is 0 Å². The molecule has 1 aliphatic heterocycles. The third-order valence-corrected chi connectivity index (χ3v) is 3.47. The lowest BCUT2D eigenvalue weighted by atomic mass is 10.0. The molecule has 1 nitrogen and oxygen atoms in total. The molecule has 0 N–H and O–H groups in total. The monoisotopic (exact) mass is 229 g/mol. The quantitative estimate of drug-likeness (QED) is 0.742. The van der Waals surface area contributed by atoms with Crippen molar-refractivity contribution in [1.29, 1.82) is 0 Å². The van der Waals surface area contributed by atoms with Crippen LogP contribution in [-0.4, -0.2) is 23.0 Å². The Balaban J connectivity index is 2.06. The van der Waals surface area contributed by atoms with Crippen molar-refractivity contribution in [2.45, 2.75) is 45.2 Å². The zero-order chi connectivity index (χ0) is 12.3. The summed E-state index contributed by atoms with van der Waals surface area (Å²) >= 11 is 0. The average Bonchev–Trinajstić information content (AvgIpc) is 2.75. The highest BCUT2D eigenvalue weighted by Gasteiger charge is 2.30. The SMILES string of the molecule is CC(C)(C)N1CCCC1/C=C/c1ccccc1. The Hall–Kier alpha value is -1.08. The highest BCUT2D eigenvalue weighted by atomic mass is 15.2. The van der Waals surface area contributed by atoms with Crippen molar-refractivity contribution in [3.8, 4) is 0 Å². The van der Waals surface area contributed by atoms with Crippen LogP contribution in [0.3, 0.4) is 0 Å². The van der Waals surface area contributed by atoms with Crippen LogP contribution in [0.2, 0.25) is 0 Å². The summed E-state index contributed by atoms with van der Waals surface area (Å²) in [5.74, 6) is 0. The van der Waals surface area contributed by atoms with Gasteiger partial charge >= 0.3 is 0 Å². The summed E-state index contributed by atoms with van der Waals surface area (Å²) in [5, 5.41) is 0. The molecule has 1 heterocycles. The number of hydrogen-bond acceptors (Lipinski definition) is 1. The van der Waals surface area contributed by atoms with Gasteiger partial charge in [0.15, 0.2) is 0 Å². The lowest BCUT2D eigenvalue weighted by Crippen LogP contribution is -2.43. The van der Waals surface area contributed by atoms with Crippen molar-refractivity contribution < 1.29 is 0 Å². The van der Waals surface area contributed by atoms with Gasteiger partial charge in [-0.05, 0) is 45.7 Å². The number of rotatable bonds is 2. The van der Waals surface area contributed by atoms with Gasteiger partial charge in [-0.25, -0.2) is 0 Å². The summed E-state index contributed by atoms with van der Waals surface area (Å²) in [5.41, 5.74) is 1.58. The predicted octanol–water partition coefficient (Wildman–Crippen LogP) is 3.96. The first-order chi connectivity index (χ1) is 8.07. The van der Waals surface area contributed by atoms with E-state index in [2.05, 4.69) is 68.2 Å². The van der Waals surface area contributed by atoms with Gasteiger partial charge in [-0.1, -0.05) is 42.5 Å². The van der Waals surface area contributed by atoms with Crippen molar-refractivity contribution in [2.24, 2.45) is 0 Å². The number of nitrogens with zero attached hydrogens (tertiary/aromatic N) is 1. The van der Waals surface area contributed by atoms with Crippen LogP contribution >= 0.6 is 0 Å². The Morgan fingerprint density at radius 3 is 2.53 bits per heavy atom. The minimum absolute atomic E-state index is 0.280. The fourth-order valence-electron chi connectivity index (χ4n) is 2.61. The van der Waals surface area contributed by atoms with Crippen LogP contribution in [0.4, 0.5) is 0 Å². The molecule has 0 amide bonds. The fourth-order valence-corrected chi connectivity index (χ4v) is 2.61. The highest BCUT2D eigenvalue weighted by molar-refractivity contribution is 5.49. The molecular weight excluding hydrogens is 206 g/mol. The molecule has 1 aromatic rings. The molecular formula is C16H23N. The van der Waals surface area contributed by atoms with Crippen molar-refractivity contribution in [1.82, 2.24) is 4.90 Å². The van der Waals surface area contributed by atoms with Crippen molar-refractivity contribution in [2.75, 3.05) is 6.54 Å². The maximum Gasteiger partial charge on any atom is 0.0287 e. The molecule has 0 aromatic heterocycles. The molecule has 0 aliphatic carbocycles. The third kappa shape index (κ3) is 3.19. The first kappa shape index (κ1) is 12.4. The summed E-state index contributed by atoms with van der Waals surface area (Å²) in [7, 11) is 0. The van der Waals surface area contributed by atoms with Gasteiger partial charge in [0.1, 0.15) is 0 Å². The van der Waals surface area contributed by atoms with Crippen molar-refractivity contribution in [3.05, 3.63) is 42.0 Å². The zero-order valence-corrected chi connectivity index (χ0v) is 11.2. The van der Waals surface area contributed by atoms with Gasteiger partial charge in [0.25, 0.3) is 0 Å². The summed E-state index contributed by atoms with van der Waals surface area (Å²) in [6, 6.07) is 11.2. The Labute approximate surface area is 105 Å². The van der Waals surface area contributed by atoms with Crippen LogP contribution in [0.5, 0.6) is 0 Å². The molecule has 1 aliphatic rings. The second-order valence-electron chi connectivity index (χ2n) is 5.84. The first-order valence-electron chi connectivity index (χ1n) is 6.57. The zero-order valence-electron chi connectivity index (χ0n) is 11.2.